The number of halogens is 2. The van der Waals surface area contributed by atoms with E-state index in [-0.39, 0.29) is 0 Å². The first-order chi connectivity index (χ1) is 8.60. The number of rotatable bonds is 5. The lowest BCUT2D eigenvalue weighted by Crippen LogP contribution is -2.56. The van der Waals surface area contributed by atoms with Crippen LogP contribution in [0.3, 0.4) is 0 Å². The molecule has 1 aliphatic heterocycles. The fourth-order valence-electron chi connectivity index (χ4n) is 3.13. The van der Waals surface area contributed by atoms with Gasteiger partial charge in [0.1, 0.15) is 0 Å². The van der Waals surface area contributed by atoms with Crippen LogP contribution in [0.5, 0.6) is 0 Å². The Labute approximate surface area is 124 Å². The summed E-state index contributed by atoms with van der Waals surface area (Å²) in [5.74, 6) is 0. The van der Waals surface area contributed by atoms with Gasteiger partial charge >= 0.3 is 0 Å². The van der Waals surface area contributed by atoms with Crippen LogP contribution in [-0.4, -0.2) is 13.1 Å². The van der Waals surface area contributed by atoms with Gasteiger partial charge in [0.15, 0.2) is 0 Å². The van der Waals surface area contributed by atoms with Gasteiger partial charge in [0.05, 0.1) is 5.02 Å². The first-order valence-corrected chi connectivity index (χ1v) is 7.97. The van der Waals surface area contributed by atoms with E-state index in [1.165, 1.54) is 44.5 Å². The molecule has 1 aliphatic rings. The third-order valence-corrected chi connectivity index (χ3v) is 5.11. The Morgan fingerprint density at radius 2 is 1.83 bits per heavy atom. The fourth-order valence-corrected chi connectivity index (χ4v) is 3.55. The molecule has 0 N–H and O–H groups in total. The normalized spacial score (nSPS) is 17.7. The van der Waals surface area contributed by atoms with Gasteiger partial charge < -0.3 is 4.90 Å². The number of hydrogen-bond acceptors (Lipinski definition) is 1. The van der Waals surface area contributed by atoms with Crippen molar-refractivity contribution < 1.29 is 0 Å². The summed E-state index contributed by atoms with van der Waals surface area (Å²) >= 11 is 9.60. The monoisotopic (exact) mass is 329 g/mol. The van der Waals surface area contributed by atoms with Crippen LogP contribution < -0.4 is 4.90 Å². The Morgan fingerprint density at radius 3 is 2.33 bits per heavy atom. The first-order valence-electron chi connectivity index (χ1n) is 6.80. The Balaban J connectivity index is 2.04. The predicted molar refractivity (Wildman–Crippen MR) is 83.6 cm³/mol. The van der Waals surface area contributed by atoms with Gasteiger partial charge in [-0.3, -0.25) is 0 Å². The van der Waals surface area contributed by atoms with Crippen molar-refractivity contribution in [2.45, 2.75) is 39.5 Å². The van der Waals surface area contributed by atoms with E-state index in [9.17, 15) is 0 Å². The minimum Gasteiger partial charge on any atom is -0.370 e. The van der Waals surface area contributed by atoms with E-state index >= 15 is 0 Å². The van der Waals surface area contributed by atoms with Crippen LogP contribution >= 0.6 is 27.5 Å². The molecular formula is C15H21BrClN. The maximum absolute atomic E-state index is 6.16. The molecule has 0 aliphatic carbocycles. The lowest BCUT2D eigenvalue weighted by Gasteiger charge is -2.52. The van der Waals surface area contributed by atoms with Crippen molar-refractivity contribution in [3.05, 3.63) is 27.7 Å². The second kappa shape index (κ2) is 5.83. The summed E-state index contributed by atoms with van der Waals surface area (Å²) in [5.41, 5.74) is 1.81. The molecule has 0 aromatic heterocycles. The van der Waals surface area contributed by atoms with Crippen molar-refractivity contribution in [1.82, 2.24) is 0 Å². The molecule has 0 bridgehead atoms. The first kappa shape index (κ1) is 14.2. The van der Waals surface area contributed by atoms with Gasteiger partial charge in [0.2, 0.25) is 0 Å². The average Bonchev–Trinajstić information content (AvgIpc) is 2.29. The van der Waals surface area contributed by atoms with E-state index < -0.39 is 0 Å². The molecule has 1 saturated heterocycles. The number of benzene rings is 1. The number of nitrogens with zero attached hydrogens (tertiary/aromatic N) is 1. The largest absolute Gasteiger partial charge is 0.370 e. The van der Waals surface area contributed by atoms with Crippen molar-refractivity contribution in [2.24, 2.45) is 5.41 Å². The topological polar surface area (TPSA) is 3.24 Å². The summed E-state index contributed by atoms with van der Waals surface area (Å²) in [6.45, 7) is 6.95. The van der Waals surface area contributed by atoms with Crippen molar-refractivity contribution in [2.75, 3.05) is 18.0 Å². The molecule has 2 rings (SSSR count). The summed E-state index contributed by atoms with van der Waals surface area (Å²) in [6, 6.07) is 6.25. The summed E-state index contributed by atoms with van der Waals surface area (Å²) < 4.78 is 0.974. The SMILES string of the molecule is CCCC1(CCC)CN(c2ccc(Br)c(Cl)c2)C1. The average molecular weight is 331 g/mol. The highest BCUT2D eigenvalue weighted by Crippen LogP contribution is 2.42. The molecule has 0 spiro atoms. The second-order valence-corrected chi connectivity index (χ2v) is 6.72. The molecule has 0 amide bonds. The Hall–Kier alpha value is -0.210. The van der Waals surface area contributed by atoms with E-state index in [0.29, 0.717) is 5.41 Å². The summed E-state index contributed by atoms with van der Waals surface area (Å²) in [7, 11) is 0. The highest BCUT2D eigenvalue weighted by molar-refractivity contribution is 9.10. The third kappa shape index (κ3) is 2.85. The zero-order chi connectivity index (χ0) is 13.2. The van der Waals surface area contributed by atoms with E-state index in [1.54, 1.807) is 0 Å². The molecular weight excluding hydrogens is 310 g/mol. The van der Waals surface area contributed by atoms with E-state index in [4.69, 9.17) is 11.6 Å². The lowest BCUT2D eigenvalue weighted by atomic mass is 9.72. The Bertz CT molecular complexity index is 405. The third-order valence-electron chi connectivity index (χ3n) is 3.88. The van der Waals surface area contributed by atoms with Crippen molar-refractivity contribution in [3.8, 4) is 0 Å². The summed E-state index contributed by atoms with van der Waals surface area (Å²) in [5, 5.41) is 0.802. The highest BCUT2D eigenvalue weighted by Gasteiger charge is 2.41. The van der Waals surface area contributed by atoms with Crippen LogP contribution in [0, 0.1) is 5.41 Å². The molecule has 1 heterocycles. The molecule has 0 saturated carbocycles. The van der Waals surface area contributed by atoms with Crippen LogP contribution in [0.1, 0.15) is 39.5 Å². The predicted octanol–water partition coefficient (Wildman–Crippen LogP) is 5.51. The highest BCUT2D eigenvalue weighted by atomic mass is 79.9. The van der Waals surface area contributed by atoms with Gasteiger partial charge in [-0.15, -0.1) is 0 Å². The summed E-state index contributed by atoms with van der Waals surface area (Å²) in [4.78, 5) is 2.45. The fraction of sp³-hybridized carbons (Fsp3) is 0.600. The van der Waals surface area contributed by atoms with Gasteiger partial charge in [-0.25, -0.2) is 0 Å². The van der Waals surface area contributed by atoms with Crippen LogP contribution in [-0.2, 0) is 0 Å². The zero-order valence-electron chi connectivity index (χ0n) is 11.2. The van der Waals surface area contributed by atoms with Gasteiger partial charge in [0.25, 0.3) is 0 Å². The summed E-state index contributed by atoms with van der Waals surface area (Å²) in [6.07, 6.45) is 5.27. The van der Waals surface area contributed by atoms with Gasteiger partial charge in [-0.2, -0.15) is 0 Å². The Kier molecular flexibility index (Phi) is 4.60. The molecule has 1 fully saturated rings. The number of anilines is 1. The second-order valence-electron chi connectivity index (χ2n) is 5.45. The van der Waals surface area contributed by atoms with E-state index in [2.05, 4.69) is 46.8 Å². The minimum absolute atomic E-state index is 0.559. The quantitative estimate of drug-likeness (QED) is 0.688. The zero-order valence-corrected chi connectivity index (χ0v) is 13.5. The standard InChI is InChI=1S/C15H21BrClN/c1-3-7-15(8-4-2)10-18(11-15)12-5-6-13(16)14(17)9-12/h5-6,9H,3-4,7-8,10-11H2,1-2H3. The molecule has 0 radical (unpaired) electrons. The molecule has 3 heteroatoms. The molecule has 0 unspecified atom stereocenters. The van der Waals surface area contributed by atoms with Crippen molar-refractivity contribution in [3.63, 3.8) is 0 Å². The van der Waals surface area contributed by atoms with Gasteiger partial charge in [0, 0.05) is 28.7 Å². The maximum Gasteiger partial charge on any atom is 0.0568 e. The number of hydrogen-bond donors (Lipinski definition) is 0. The Morgan fingerprint density at radius 1 is 1.22 bits per heavy atom. The molecule has 100 valence electrons. The van der Waals surface area contributed by atoms with E-state index in [0.717, 1.165) is 9.50 Å². The van der Waals surface area contributed by atoms with Gasteiger partial charge in [-0.1, -0.05) is 38.3 Å². The van der Waals surface area contributed by atoms with Crippen LogP contribution in [0.25, 0.3) is 0 Å². The van der Waals surface area contributed by atoms with Crippen LogP contribution in [0.15, 0.2) is 22.7 Å². The van der Waals surface area contributed by atoms with Crippen molar-refractivity contribution in [1.29, 1.82) is 0 Å². The van der Waals surface area contributed by atoms with Crippen molar-refractivity contribution >= 4 is 33.2 Å². The maximum atomic E-state index is 6.16. The lowest BCUT2D eigenvalue weighted by molar-refractivity contribution is 0.173. The minimum atomic E-state index is 0.559. The van der Waals surface area contributed by atoms with Crippen LogP contribution in [0.4, 0.5) is 5.69 Å². The van der Waals surface area contributed by atoms with Gasteiger partial charge in [-0.05, 0) is 47.0 Å². The molecule has 18 heavy (non-hydrogen) atoms. The molecule has 1 aromatic rings. The van der Waals surface area contributed by atoms with Crippen LogP contribution in [0.2, 0.25) is 5.02 Å². The van der Waals surface area contributed by atoms with E-state index in [1.807, 2.05) is 6.07 Å². The molecule has 1 nitrogen and oxygen atoms in total. The smallest absolute Gasteiger partial charge is 0.0568 e. The molecule has 0 atom stereocenters. The molecule has 1 aromatic carbocycles.